The second-order valence-electron chi connectivity index (χ2n) is 8.02. The molecule has 1 fully saturated rings. The Hall–Kier alpha value is -1.17. The van der Waals surface area contributed by atoms with Gasteiger partial charge in [-0.15, -0.1) is 11.8 Å². The molecule has 1 heterocycles. The topological polar surface area (TPSA) is 55.8 Å². The van der Waals surface area contributed by atoms with Crippen LogP contribution < -0.4 is 0 Å². The van der Waals surface area contributed by atoms with Crippen LogP contribution in [0.15, 0.2) is 10.5 Å². The Kier molecular flexibility index (Phi) is 7.86. The van der Waals surface area contributed by atoms with Gasteiger partial charge in [0, 0.05) is 18.7 Å². The Labute approximate surface area is 161 Å². The normalized spacial score (nSPS) is 19.0. The predicted molar refractivity (Wildman–Crippen MR) is 105 cm³/mol. The molecule has 148 valence electrons. The first-order valence-corrected chi connectivity index (χ1v) is 10.8. The first-order valence-electron chi connectivity index (χ1n) is 9.80. The minimum Gasteiger partial charge on any atom is -0.463 e. The Morgan fingerprint density at radius 2 is 1.88 bits per heavy atom. The number of esters is 1. The third-order valence-corrected chi connectivity index (χ3v) is 6.00. The molecule has 6 heteroatoms. The van der Waals surface area contributed by atoms with Crippen molar-refractivity contribution in [2.24, 2.45) is 5.92 Å². The van der Waals surface area contributed by atoms with Crippen molar-refractivity contribution in [2.45, 2.75) is 71.8 Å². The molecule has 0 saturated carbocycles. The number of amides is 1. The Morgan fingerprint density at radius 1 is 1.19 bits per heavy atom. The number of allylic oxidation sites excluding steroid dienone is 1. The monoisotopic (exact) mass is 383 g/mol. The molecule has 1 saturated heterocycles. The molecule has 0 N–H and O–H groups in total. The first-order chi connectivity index (χ1) is 12.3. The van der Waals surface area contributed by atoms with Crippen LogP contribution >= 0.6 is 11.8 Å². The summed E-state index contributed by atoms with van der Waals surface area (Å²) in [5, 5.41) is 0. The maximum atomic E-state index is 12.1. The van der Waals surface area contributed by atoms with Gasteiger partial charge in [0.1, 0.15) is 5.60 Å². The predicted octanol–water partition coefficient (Wildman–Crippen LogP) is 4.76. The summed E-state index contributed by atoms with van der Waals surface area (Å²) in [6, 6.07) is 0. The molecule has 5 nitrogen and oxygen atoms in total. The Morgan fingerprint density at radius 3 is 2.50 bits per heavy atom. The molecule has 0 aromatic carbocycles. The van der Waals surface area contributed by atoms with Crippen LogP contribution in [0.4, 0.5) is 4.79 Å². The third-order valence-electron chi connectivity index (χ3n) is 4.76. The van der Waals surface area contributed by atoms with E-state index < -0.39 is 5.60 Å². The van der Waals surface area contributed by atoms with E-state index in [-0.39, 0.29) is 12.1 Å². The number of carbonyl (C=O) groups is 2. The lowest BCUT2D eigenvalue weighted by atomic mass is 9.95. The number of thioether (sulfide) groups is 1. The van der Waals surface area contributed by atoms with E-state index in [9.17, 15) is 9.59 Å². The van der Waals surface area contributed by atoms with Gasteiger partial charge in [-0.25, -0.2) is 9.59 Å². The third kappa shape index (κ3) is 6.53. The Bertz CT molecular complexity index is 530. The zero-order valence-corrected chi connectivity index (χ0v) is 17.5. The molecule has 26 heavy (non-hydrogen) atoms. The highest BCUT2D eigenvalue weighted by molar-refractivity contribution is 8.03. The summed E-state index contributed by atoms with van der Waals surface area (Å²) in [7, 11) is 0. The zero-order valence-electron chi connectivity index (χ0n) is 16.6. The van der Waals surface area contributed by atoms with Gasteiger partial charge in [-0.2, -0.15) is 0 Å². The maximum absolute atomic E-state index is 12.1. The van der Waals surface area contributed by atoms with Crippen molar-refractivity contribution in [1.29, 1.82) is 0 Å². The lowest BCUT2D eigenvalue weighted by molar-refractivity contribution is -0.138. The molecule has 0 aromatic rings. The van der Waals surface area contributed by atoms with Gasteiger partial charge < -0.3 is 14.4 Å². The average Bonchev–Trinajstić information content (AvgIpc) is 3.03. The SMILES string of the molecule is CCOC(=O)C1=C(SCCC2CCN(C(=O)OC(C)(C)C)CC2)CCC1. The van der Waals surface area contributed by atoms with Gasteiger partial charge in [0.25, 0.3) is 0 Å². The maximum Gasteiger partial charge on any atom is 0.410 e. The summed E-state index contributed by atoms with van der Waals surface area (Å²) in [5.74, 6) is 1.56. The van der Waals surface area contributed by atoms with Gasteiger partial charge in [-0.1, -0.05) is 0 Å². The highest BCUT2D eigenvalue weighted by Gasteiger charge is 2.27. The van der Waals surface area contributed by atoms with E-state index >= 15 is 0 Å². The van der Waals surface area contributed by atoms with Crippen molar-refractivity contribution < 1.29 is 19.1 Å². The van der Waals surface area contributed by atoms with Crippen molar-refractivity contribution in [1.82, 2.24) is 4.90 Å². The van der Waals surface area contributed by atoms with Crippen LogP contribution in [0.25, 0.3) is 0 Å². The Balaban J connectivity index is 1.71. The number of rotatable bonds is 6. The van der Waals surface area contributed by atoms with E-state index in [0.29, 0.717) is 12.5 Å². The zero-order chi connectivity index (χ0) is 19.2. The van der Waals surface area contributed by atoms with Crippen LogP contribution in [0.2, 0.25) is 0 Å². The number of likely N-dealkylation sites (tertiary alicyclic amines) is 1. The molecule has 2 rings (SSSR count). The summed E-state index contributed by atoms with van der Waals surface area (Å²) in [5.41, 5.74) is 0.465. The molecule has 0 bridgehead atoms. The summed E-state index contributed by atoms with van der Waals surface area (Å²) >= 11 is 1.83. The smallest absolute Gasteiger partial charge is 0.410 e. The van der Waals surface area contributed by atoms with E-state index in [4.69, 9.17) is 9.47 Å². The molecule has 0 radical (unpaired) electrons. The molecule has 1 amide bonds. The van der Waals surface area contributed by atoms with Crippen LogP contribution in [0.5, 0.6) is 0 Å². The number of piperidine rings is 1. The largest absolute Gasteiger partial charge is 0.463 e. The van der Waals surface area contributed by atoms with Crippen LogP contribution in [-0.2, 0) is 14.3 Å². The number of hydrogen-bond donors (Lipinski definition) is 0. The quantitative estimate of drug-likeness (QED) is 0.619. The van der Waals surface area contributed by atoms with E-state index in [0.717, 1.165) is 62.9 Å². The molecule has 1 aliphatic carbocycles. The van der Waals surface area contributed by atoms with Crippen molar-refractivity contribution in [3.05, 3.63) is 10.5 Å². The van der Waals surface area contributed by atoms with Crippen LogP contribution in [-0.4, -0.2) is 48.0 Å². The van der Waals surface area contributed by atoms with E-state index in [1.165, 1.54) is 4.91 Å². The van der Waals surface area contributed by atoms with Gasteiger partial charge in [0.15, 0.2) is 0 Å². The van der Waals surface area contributed by atoms with Crippen molar-refractivity contribution in [3.8, 4) is 0 Å². The molecule has 0 atom stereocenters. The van der Waals surface area contributed by atoms with Crippen molar-refractivity contribution >= 4 is 23.8 Å². The second kappa shape index (κ2) is 9.67. The number of nitrogens with zero attached hydrogens (tertiary/aromatic N) is 1. The summed E-state index contributed by atoms with van der Waals surface area (Å²) in [6.07, 6.45) is 5.93. The second-order valence-corrected chi connectivity index (χ2v) is 9.21. The minimum absolute atomic E-state index is 0.127. The fourth-order valence-electron chi connectivity index (χ4n) is 3.39. The molecule has 0 aromatic heterocycles. The number of hydrogen-bond acceptors (Lipinski definition) is 5. The molecule has 0 spiro atoms. The molecule has 1 aliphatic heterocycles. The minimum atomic E-state index is -0.434. The fourth-order valence-corrected chi connectivity index (χ4v) is 4.73. The fraction of sp³-hybridized carbons (Fsp3) is 0.800. The van der Waals surface area contributed by atoms with Crippen molar-refractivity contribution in [3.63, 3.8) is 0 Å². The lowest BCUT2D eigenvalue weighted by Crippen LogP contribution is -2.41. The molecular weight excluding hydrogens is 350 g/mol. The molecule has 2 aliphatic rings. The number of ether oxygens (including phenoxy) is 2. The average molecular weight is 384 g/mol. The van der Waals surface area contributed by atoms with Gasteiger partial charge >= 0.3 is 12.1 Å². The van der Waals surface area contributed by atoms with Gasteiger partial charge in [0.2, 0.25) is 0 Å². The lowest BCUT2D eigenvalue weighted by Gasteiger charge is -2.33. The van der Waals surface area contributed by atoms with Gasteiger partial charge in [-0.05, 0) is 82.8 Å². The molecule has 0 unspecified atom stereocenters. The summed E-state index contributed by atoms with van der Waals surface area (Å²) in [6.45, 7) is 9.55. The summed E-state index contributed by atoms with van der Waals surface area (Å²) in [4.78, 5) is 27.1. The van der Waals surface area contributed by atoms with E-state index in [1.807, 2.05) is 44.4 Å². The van der Waals surface area contributed by atoms with E-state index in [1.54, 1.807) is 0 Å². The standard InChI is InChI=1S/C20H33NO4S/c1-5-24-18(22)16-7-6-8-17(16)26-14-11-15-9-12-21(13-10-15)19(23)25-20(2,3)4/h15H,5-14H2,1-4H3. The van der Waals surface area contributed by atoms with Crippen molar-refractivity contribution in [2.75, 3.05) is 25.4 Å². The van der Waals surface area contributed by atoms with Gasteiger partial charge in [0.05, 0.1) is 6.61 Å². The van der Waals surface area contributed by atoms with Crippen LogP contribution in [0, 0.1) is 5.92 Å². The van der Waals surface area contributed by atoms with E-state index in [2.05, 4.69) is 0 Å². The van der Waals surface area contributed by atoms with Gasteiger partial charge in [-0.3, -0.25) is 0 Å². The highest BCUT2D eigenvalue weighted by Crippen LogP contribution is 2.36. The summed E-state index contributed by atoms with van der Waals surface area (Å²) < 4.78 is 10.6. The number of carbonyl (C=O) groups excluding carboxylic acids is 2. The van der Waals surface area contributed by atoms with Crippen LogP contribution in [0.1, 0.15) is 66.2 Å². The highest BCUT2D eigenvalue weighted by atomic mass is 32.2. The van der Waals surface area contributed by atoms with Crippen LogP contribution in [0.3, 0.4) is 0 Å². The first kappa shape index (κ1) is 21.1. The molecular formula is C20H33NO4S.